The van der Waals surface area contributed by atoms with Crippen molar-refractivity contribution in [3.63, 3.8) is 0 Å². The van der Waals surface area contributed by atoms with Gasteiger partial charge in [0.25, 0.3) is 5.79 Å². The zero-order valence-electron chi connectivity index (χ0n) is 6.21. The Morgan fingerprint density at radius 2 is 1.75 bits per heavy atom. The molecule has 1 aliphatic heterocycles. The quantitative estimate of drug-likeness (QED) is 0.391. The molecule has 2 rings (SSSR count). The van der Waals surface area contributed by atoms with Crippen molar-refractivity contribution in [1.29, 1.82) is 0 Å². The molecule has 2 aliphatic rings. The molecule has 0 N–H and O–H groups in total. The number of alkyl halides is 1. The second-order valence-corrected chi connectivity index (χ2v) is 3.04. The molecular formula is C7H7FO4. The molecule has 1 aliphatic carbocycles. The van der Waals surface area contributed by atoms with Crippen LogP contribution in [0.5, 0.6) is 0 Å². The van der Waals surface area contributed by atoms with Crippen LogP contribution >= 0.6 is 0 Å². The number of ether oxygens (including phenoxy) is 2. The maximum Gasteiger partial charge on any atom is 0.320 e. The number of halogens is 1. The van der Waals surface area contributed by atoms with Gasteiger partial charge < -0.3 is 9.47 Å². The van der Waals surface area contributed by atoms with Crippen molar-refractivity contribution in [1.82, 2.24) is 0 Å². The van der Waals surface area contributed by atoms with Crippen molar-refractivity contribution in [3.8, 4) is 0 Å². The molecule has 0 bridgehead atoms. The van der Waals surface area contributed by atoms with Crippen LogP contribution in [-0.4, -0.2) is 23.9 Å². The summed E-state index contributed by atoms with van der Waals surface area (Å²) < 4.78 is 21.9. The summed E-state index contributed by atoms with van der Waals surface area (Å²) >= 11 is 0. The maximum absolute atomic E-state index is 12.4. The predicted octanol–water partition coefficient (Wildman–Crippen LogP) is 0.305. The predicted molar refractivity (Wildman–Crippen MR) is 33.7 cm³/mol. The Morgan fingerprint density at radius 3 is 2.17 bits per heavy atom. The van der Waals surface area contributed by atoms with Crippen LogP contribution in [0, 0.1) is 0 Å². The standard InChI is InChI=1S/C7H7FO4/c8-4-2-7(3-4)11-5(9)1-6(10)12-7/h4H,1-3H2. The minimum Gasteiger partial charge on any atom is -0.422 e. The lowest BCUT2D eigenvalue weighted by Crippen LogP contribution is -2.55. The molecule has 2 fully saturated rings. The Bertz CT molecular complexity index is 226. The van der Waals surface area contributed by atoms with Crippen LogP contribution in [0.3, 0.4) is 0 Å². The van der Waals surface area contributed by atoms with Gasteiger partial charge in [-0.05, 0) is 0 Å². The highest BCUT2D eigenvalue weighted by molar-refractivity contribution is 5.93. The van der Waals surface area contributed by atoms with Gasteiger partial charge in [-0.2, -0.15) is 0 Å². The minimum atomic E-state index is -1.26. The molecule has 1 saturated heterocycles. The van der Waals surface area contributed by atoms with E-state index in [1.807, 2.05) is 0 Å². The number of carbonyl (C=O) groups excluding carboxylic acids is 2. The Morgan fingerprint density at radius 1 is 1.25 bits per heavy atom. The lowest BCUT2D eigenvalue weighted by Gasteiger charge is -2.43. The summed E-state index contributed by atoms with van der Waals surface area (Å²) in [6.07, 6.45) is -1.43. The molecule has 0 unspecified atom stereocenters. The van der Waals surface area contributed by atoms with Crippen molar-refractivity contribution >= 4 is 11.9 Å². The first-order valence-electron chi connectivity index (χ1n) is 3.67. The van der Waals surface area contributed by atoms with Gasteiger partial charge in [-0.3, -0.25) is 9.59 Å². The summed E-state index contributed by atoms with van der Waals surface area (Å²) in [6, 6.07) is 0. The van der Waals surface area contributed by atoms with Crippen LogP contribution in [0.2, 0.25) is 0 Å². The van der Waals surface area contributed by atoms with Crippen molar-refractivity contribution in [2.24, 2.45) is 0 Å². The number of rotatable bonds is 0. The van der Waals surface area contributed by atoms with Crippen LogP contribution in [-0.2, 0) is 19.1 Å². The van der Waals surface area contributed by atoms with E-state index in [1.54, 1.807) is 0 Å². The van der Waals surface area contributed by atoms with E-state index >= 15 is 0 Å². The Labute approximate surface area is 67.6 Å². The van der Waals surface area contributed by atoms with Gasteiger partial charge in [0.2, 0.25) is 0 Å². The fourth-order valence-electron chi connectivity index (χ4n) is 1.41. The Hall–Kier alpha value is -1.13. The lowest BCUT2D eigenvalue weighted by atomic mass is 9.88. The van der Waals surface area contributed by atoms with Crippen molar-refractivity contribution in [2.45, 2.75) is 31.2 Å². The molecule has 66 valence electrons. The average Bonchev–Trinajstić information content (AvgIpc) is 1.80. The first kappa shape index (κ1) is 7.52. The average molecular weight is 174 g/mol. The van der Waals surface area contributed by atoms with Gasteiger partial charge in [-0.1, -0.05) is 0 Å². The van der Waals surface area contributed by atoms with Gasteiger partial charge in [0.1, 0.15) is 12.6 Å². The fourth-order valence-corrected chi connectivity index (χ4v) is 1.41. The third-order valence-electron chi connectivity index (χ3n) is 1.95. The lowest BCUT2D eigenvalue weighted by molar-refractivity contribution is -0.282. The SMILES string of the molecule is O=C1CC(=O)OC2(CC(F)C2)O1. The van der Waals surface area contributed by atoms with Gasteiger partial charge in [-0.25, -0.2) is 4.39 Å². The van der Waals surface area contributed by atoms with Gasteiger partial charge in [-0.15, -0.1) is 0 Å². The zero-order chi connectivity index (χ0) is 8.77. The highest BCUT2D eigenvalue weighted by atomic mass is 19.1. The van der Waals surface area contributed by atoms with E-state index in [1.165, 1.54) is 0 Å². The molecule has 1 saturated carbocycles. The number of carbonyl (C=O) groups is 2. The summed E-state index contributed by atoms with van der Waals surface area (Å²) in [7, 11) is 0. The largest absolute Gasteiger partial charge is 0.422 e. The molecule has 0 atom stereocenters. The van der Waals surface area contributed by atoms with Gasteiger partial charge >= 0.3 is 11.9 Å². The van der Waals surface area contributed by atoms with Gasteiger partial charge in [0, 0.05) is 0 Å². The topological polar surface area (TPSA) is 52.6 Å². The summed E-state index contributed by atoms with van der Waals surface area (Å²) in [5.41, 5.74) is 0. The van der Waals surface area contributed by atoms with Gasteiger partial charge in [0.15, 0.2) is 0 Å². The Kier molecular flexibility index (Phi) is 1.37. The summed E-state index contributed by atoms with van der Waals surface area (Å²) in [5, 5.41) is 0. The van der Waals surface area contributed by atoms with E-state index < -0.39 is 23.9 Å². The molecule has 0 amide bonds. The Balaban J connectivity index is 2.08. The highest BCUT2D eigenvalue weighted by Crippen LogP contribution is 2.41. The third kappa shape index (κ3) is 1.05. The molecule has 1 heterocycles. The van der Waals surface area contributed by atoms with Crippen molar-refractivity contribution in [3.05, 3.63) is 0 Å². The summed E-state index contributed by atoms with van der Waals surface area (Å²) in [6.45, 7) is 0. The van der Waals surface area contributed by atoms with Crippen LogP contribution in [0.25, 0.3) is 0 Å². The number of hydrogen-bond donors (Lipinski definition) is 0. The van der Waals surface area contributed by atoms with E-state index in [4.69, 9.17) is 9.47 Å². The van der Waals surface area contributed by atoms with E-state index in [0.717, 1.165) is 0 Å². The molecule has 4 nitrogen and oxygen atoms in total. The summed E-state index contributed by atoms with van der Waals surface area (Å²) in [4.78, 5) is 21.5. The molecule has 0 aromatic carbocycles. The fraction of sp³-hybridized carbons (Fsp3) is 0.714. The highest BCUT2D eigenvalue weighted by Gasteiger charge is 2.54. The maximum atomic E-state index is 12.4. The normalized spacial score (nSPS) is 27.8. The molecule has 12 heavy (non-hydrogen) atoms. The number of esters is 2. The monoisotopic (exact) mass is 174 g/mol. The molecular weight excluding hydrogens is 167 g/mol. The molecule has 1 spiro atoms. The van der Waals surface area contributed by atoms with Crippen LogP contribution in [0.4, 0.5) is 4.39 Å². The van der Waals surface area contributed by atoms with Gasteiger partial charge in [0.05, 0.1) is 12.8 Å². The van der Waals surface area contributed by atoms with Crippen molar-refractivity contribution in [2.75, 3.05) is 0 Å². The first-order valence-corrected chi connectivity index (χ1v) is 3.67. The van der Waals surface area contributed by atoms with Crippen LogP contribution in [0.1, 0.15) is 19.3 Å². The minimum absolute atomic E-state index is 0.0233. The second-order valence-electron chi connectivity index (χ2n) is 3.04. The smallest absolute Gasteiger partial charge is 0.320 e. The molecule has 5 heteroatoms. The van der Waals surface area contributed by atoms with E-state index in [2.05, 4.69) is 0 Å². The molecule has 0 aromatic heterocycles. The summed E-state index contributed by atoms with van der Waals surface area (Å²) in [5.74, 6) is -2.51. The molecule has 0 aromatic rings. The number of hydrogen-bond acceptors (Lipinski definition) is 4. The zero-order valence-corrected chi connectivity index (χ0v) is 6.21. The van der Waals surface area contributed by atoms with Crippen molar-refractivity contribution < 1.29 is 23.5 Å². The van der Waals surface area contributed by atoms with Crippen LogP contribution < -0.4 is 0 Å². The van der Waals surface area contributed by atoms with E-state index in [9.17, 15) is 14.0 Å². The first-order chi connectivity index (χ1) is 5.60. The second kappa shape index (κ2) is 2.18. The van der Waals surface area contributed by atoms with E-state index in [0.29, 0.717) is 0 Å². The van der Waals surface area contributed by atoms with E-state index in [-0.39, 0.29) is 19.3 Å². The van der Waals surface area contributed by atoms with Crippen LogP contribution in [0.15, 0.2) is 0 Å². The molecule has 0 radical (unpaired) electrons. The third-order valence-corrected chi connectivity index (χ3v) is 1.95.